The zero-order chi connectivity index (χ0) is 33.4. The molecule has 5 nitrogen and oxygen atoms in total. The fourth-order valence-corrected chi connectivity index (χ4v) is 6.16. The summed E-state index contributed by atoms with van der Waals surface area (Å²) >= 11 is 0. The van der Waals surface area contributed by atoms with Gasteiger partial charge in [0.1, 0.15) is 0 Å². The fraction of sp³-hybridized carbons (Fsp3) is 0. The summed E-state index contributed by atoms with van der Waals surface area (Å²) in [6.45, 7) is 0. The van der Waals surface area contributed by atoms with Crippen LogP contribution in [-0.4, -0.2) is 24.1 Å². The second kappa shape index (κ2) is 9.75. The third-order valence-electron chi connectivity index (χ3n) is 8.06. The van der Waals surface area contributed by atoms with Crippen LogP contribution in [0.15, 0.2) is 152 Å². The van der Waals surface area contributed by atoms with Gasteiger partial charge in [0, 0.05) is 38.4 Å². The van der Waals surface area contributed by atoms with E-state index in [4.69, 9.17) is 21.8 Å². The first-order chi connectivity index (χ1) is 23.9. The van der Waals surface area contributed by atoms with E-state index in [1.165, 1.54) is 0 Å². The predicted octanol–water partition coefficient (Wildman–Crippen LogP) is 9.40. The van der Waals surface area contributed by atoms with Crippen molar-refractivity contribution < 1.29 is 6.85 Å². The molecule has 44 heavy (non-hydrogen) atoms. The van der Waals surface area contributed by atoms with E-state index in [0.717, 1.165) is 49.3 Å². The Bertz CT molecular complexity index is 2750. The fourth-order valence-electron chi connectivity index (χ4n) is 6.16. The molecule has 0 atom stereocenters. The molecule has 0 aliphatic heterocycles. The lowest BCUT2D eigenvalue weighted by Crippen LogP contribution is -2.06. The van der Waals surface area contributed by atoms with Gasteiger partial charge < -0.3 is 4.57 Å². The Balaban J connectivity index is 1.42. The van der Waals surface area contributed by atoms with Crippen molar-refractivity contribution in [2.75, 3.05) is 0 Å². The van der Waals surface area contributed by atoms with Gasteiger partial charge in [-0.2, -0.15) is 9.97 Å². The van der Waals surface area contributed by atoms with E-state index >= 15 is 0 Å². The van der Waals surface area contributed by atoms with Gasteiger partial charge in [-0.3, -0.25) is 4.57 Å². The summed E-state index contributed by atoms with van der Waals surface area (Å²) < 4.78 is 46.5. The molecule has 3 heterocycles. The van der Waals surface area contributed by atoms with E-state index in [9.17, 15) is 0 Å². The molecule has 0 radical (unpaired) electrons. The average Bonchev–Trinajstić information content (AvgIpc) is 3.65. The van der Waals surface area contributed by atoms with E-state index in [2.05, 4.69) is 53.1 Å². The van der Waals surface area contributed by atoms with E-state index in [-0.39, 0.29) is 29.4 Å². The minimum Gasteiger partial charge on any atom is -0.309 e. The molecule has 0 aliphatic carbocycles. The van der Waals surface area contributed by atoms with Crippen molar-refractivity contribution in [2.45, 2.75) is 0 Å². The van der Waals surface area contributed by atoms with Crippen molar-refractivity contribution in [2.24, 2.45) is 0 Å². The first kappa shape index (κ1) is 19.9. The summed E-state index contributed by atoms with van der Waals surface area (Å²) in [6, 6.07) is 38.3. The quantitative estimate of drug-likeness (QED) is 0.212. The maximum Gasteiger partial charge on any atom is 0.238 e. The Hall–Kier alpha value is -6.07. The minimum atomic E-state index is -0.475. The molecule has 0 amide bonds. The van der Waals surface area contributed by atoms with Gasteiger partial charge in [0.05, 0.1) is 28.9 Å². The molecule has 0 spiro atoms. The summed E-state index contributed by atoms with van der Waals surface area (Å²) in [5, 5.41) is 4.25. The number of hydrogen-bond acceptors (Lipinski definition) is 3. The van der Waals surface area contributed by atoms with E-state index in [1.54, 1.807) is 0 Å². The van der Waals surface area contributed by atoms with Crippen LogP contribution in [0.4, 0.5) is 0 Å². The SMILES string of the molecule is [2H]c1c([2H])c([2H])c(-c2nc(-c3ccccc3)nc(-n3c4ccccc4c4cc5c6ccccc6n(-c6ccccc6)c5cc43)n2)c([2H])c1[2H]. The Kier molecular flexibility index (Phi) is 4.42. The van der Waals surface area contributed by atoms with Gasteiger partial charge in [-0.15, -0.1) is 0 Å². The number of benzene rings is 6. The molecule has 206 valence electrons. The summed E-state index contributed by atoms with van der Waals surface area (Å²) in [7, 11) is 0. The molecule has 9 rings (SSSR count). The second-order valence-corrected chi connectivity index (χ2v) is 10.6. The van der Waals surface area contributed by atoms with Crippen LogP contribution in [0.2, 0.25) is 0 Å². The predicted molar refractivity (Wildman–Crippen MR) is 179 cm³/mol. The highest BCUT2D eigenvalue weighted by atomic mass is 15.2. The van der Waals surface area contributed by atoms with Crippen molar-refractivity contribution in [1.29, 1.82) is 0 Å². The molecule has 3 aromatic heterocycles. The van der Waals surface area contributed by atoms with Crippen LogP contribution in [0.25, 0.3) is 78.0 Å². The molecular weight excluding hydrogens is 538 g/mol. The van der Waals surface area contributed by atoms with Gasteiger partial charge in [0.15, 0.2) is 11.6 Å². The van der Waals surface area contributed by atoms with Gasteiger partial charge in [-0.05, 0) is 36.4 Å². The van der Waals surface area contributed by atoms with E-state index in [0.29, 0.717) is 11.4 Å². The van der Waals surface area contributed by atoms with E-state index in [1.807, 2.05) is 77.4 Å². The molecule has 0 saturated carbocycles. The normalized spacial score (nSPS) is 13.2. The number of aromatic nitrogens is 5. The Labute approximate surface area is 260 Å². The monoisotopic (exact) mass is 568 g/mol. The number of rotatable bonds is 4. The van der Waals surface area contributed by atoms with Gasteiger partial charge in [-0.1, -0.05) is 115 Å². The third-order valence-corrected chi connectivity index (χ3v) is 8.06. The summed E-state index contributed by atoms with van der Waals surface area (Å²) in [5.41, 5.74) is 5.45. The highest BCUT2D eigenvalue weighted by molar-refractivity contribution is 6.19. The lowest BCUT2D eigenvalue weighted by molar-refractivity contribution is 0.953. The smallest absolute Gasteiger partial charge is 0.238 e. The molecule has 0 unspecified atom stereocenters. The van der Waals surface area contributed by atoms with Crippen molar-refractivity contribution in [3.05, 3.63) is 152 Å². The van der Waals surface area contributed by atoms with Gasteiger partial charge >= 0.3 is 0 Å². The number of hydrogen-bond donors (Lipinski definition) is 0. The van der Waals surface area contributed by atoms with Gasteiger partial charge in [0.25, 0.3) is 0 Å². The topological polar surface area (TPSA) is 48.5 Å². The lowest BCUT2D eigenvalue weighted by Gasteiger charge is -2.11. The van der Waals surface area contributed by atoms with Crippen LogP contribution in [0, 0.1) is 0 Å². The average molecular weight is 569 g/mol. The van der Waals surface area contributed by atoms with Crippen molar-refractivity contribution in [3.63, 3.8) is 0 Å². The summed E-state index contributed by atoms with van der Waals surface area (Å²) in [5.74, 6) is 0.577. The van der Waals surface area contributed by atoms with Crippen LogP contribution in [0.1, 0.15) is 6.85 Å². The molecular formula is C39H25N5. The van der Waals surface area contributed by atoms with Crippen LogP contribution < -0.4 is 0 Å². The van der Waals surface area contributed by atoms with Crippen LogP contribution in [0.3, 0.4) is 0 Å². The Morgan fingerprint density at radius 1 is 0.432 bits per heavy atom. The van der Waals surface area contributed by atoms with Crippen molar-refractivity contribution in [3.8, 4) is 34.4 Å². The Morgan fingerprint density at radius 2 is 0.977 bits per heavy atom. The van der Waals surface area contributed by atoms with E-state index < -0.39 is 18.1 Å². The van der Waals surface area contributed by atoms with Crippen LogP contribution in [0.5, 0.6) is 0 Å². The van der Waals surface area contributed by atoms with Crippen molar-refractivity contribution in [1.82, 2.24) is 24.1 Å². The van der Waals surface area contributed by atoms with Crippen LogP contribution in [-0.2, 0) is 0 Å². The summed E-state index contributed by atoms with van der Waals surface area (Å²) in [6.07, 6.45) is 0. The Morgan fingerprint density at radius 3 is 1.66 bits per heavy atom. The maximum absolute atomic E-state index is 8.72. The van der Waals surface area contributed by atoms with Gasteiger partial charge in [0.2, 0.25) is 5.95 Å². The first-order valence-electron chi connectivity index (χ1n) is 16.8. The first-order valence-corrected chi connectivity index (χ1v) is 14.3. The summed E-state index contributed by atoms with van der Waals surface area (Å²) in [4.78, 5) is 14.6. The molecule has 0 aliphatic rings. The molecule has 5 heteroatoms. The largest absolute Gasteiger partial charge is 0.309 e. The number of para-hydroxylation sites is 3. The number of nitrogens with zero attached hydrogens (tertiary/aromatic N) is 5. The van der Waals surface area contributed by atoms with Crippen LogP contribution >= 0.6 is 0 Å². The highest BCUT2D eigenvalue weighted by Gasteiger charge is 2.20. The van der Waals surface area contributed by atoms with Crippen molar-refractivity contribution >= 4 is 43.6 Å². The molecule has 0 fully saturated rings. The molecule has 0 bridgehead atoms. The number of fused-ring (bicyclic) bond motifs is 6. The van der Waals surface area contributed by atoms with Gasteiger partial charge in [-0.25, -0.2) is 4.98 Å². The molecule has 6 aromatic carbocycles. The molecule has 9 aromatic rings. The minimum absolute atomic E-state index is 0.00809. The third kappa shape index (κ3) is 3.76. The zero-order valence-corrected chi connectivity index (χ0v) is 23.3. The second-order valence-electron chi connectivity index (χ2n) is 10.6. The zero-order valence-electron chi connectivity index (χ0n) is 28.3. The molecule has 0 saturated heterocycles. The maximum atomic E-state index is 8.72. The standard InChI is InChI=1S/C39H25N5/c1-4-14-26(15-5-1)37-40-38(27-16-6-2-7-17-27)42-39(41-37)44-34-23-13-11-21-30(34)32-24-31-29-20-10-12-22-33(29)43(35(31)25-36(32)44)28-18-8-3-9-19-28/h1-25H/i1D,4D,5D,14D,15D. The molecule has 0 N–H and O–H groups in total. The lowest BCUT2D eigenvalue weighted by atomic mass is 10.1. The highest BCUT2D eigenvalue weighted by Crippen LogP contribution is 2.39.